The molecule has 1 N–H and O–H groups in total. The van der Waals surface area contributed by atoms with Crippen LogP contribution in [-0.2, 0) is 14.4 Å². The highest BCUT2D eigenvalue weighted by Crippen LogP contribution is 2.35. The van der Waals surface area contributed by atoms with Crippen molar-refractivity contribution in [1.82, 2.24) is 0 Å². The van der Waals surface area contributed by atoms with E-state index in [4.69, 9.17) is 0 Å². The van der Waals surface area contributed by atoms with Gasteiger partial charge in [0.2, 0.25) is 0 Å². The van der Waals surface area contributed by atoms with E-state index in [1.54, 1.807) is 0 Å². The molecule has 0 aromatic rings. The predicted octanol–water partition coefficient (Wildman–Crippen LogP) is 1.93. The summed E-state index contributed by atoms with van der Waals surface area (Å²) in [6, 6.07) is 0. The minimum atomic E-state index is -0.712. The summed E-state index contributed by atoms with van der Waals surface area (Å²) < 4.78 is 0. The summed E-state index contributed by atoms with van der Waals surface area (Å²) >= 11 is 0. The highest BCUT2D eigenvalue weighted by Gasteiger charge is 2.38. The van der Waals surface area contributed by atoms with Crippen molar-refractivity contribution in [3.63, 3.8) is 0 Å². The lowest BCUT2D eigenvalue weighted by molar-refractivity contribution is -0.135. The van der Waals surface area contributed by atoms with Gasteiger partial charge >= 0.3 is 0 Å². The van der Waals surface area contributed by atoms with Gasteiger partial charge in [-0.15, -0.1) is 0 Å². The fraction of sp³-hybridized carbons (Fsp3) is 0.812. The van der Waals surface area contributed by atoms with Gasteiger partial charge in [-0.05, 0) is 31.1 Å². The van der Waals surface area contributed by atoms with Crippen LogP contribution >= 0.6 is 0 Å². The van der Waals surface area contributed by atoms with Crippen LogP contribution < -0.4 is 0 Å². The Morgan fingerprint density at radius 2 is 1.70 bits per heavy atom. The van der Waals surface area contributed by atoms with Crippen molar-refractivity contribution in [3.05, 3.63) is 0 Å². The zero-order valence-electron chi connectivity index (χ0n) is 12.3. The second-order valence-electron chi connectivity index (χ2n) is 6.82. The monoisotopic (exact) mass is 280 g/mol. The lowest BCUT2D eigenvalue weighted by Crippen LogP contribution is -2.39. The Kier molecular flexibility index (Phi) is 4.74. The molecule has 20 heavy (non-hydrogen) atoms. The van der Waals surface area contributed by atoms with Crippen LogP contribution in [0.15, 0.2) is 0 Å². The van der Waals surface area contributed by atoms with Crippen molar-refractivity contribution in [2.45, 2.75) is 58.5 Å². The normalized spacial score (nSPS) is 34.4. The van der Waals surface area contributed by atoms with Crippen LogP contribution in [0.3, 0.4) is 0 Å². The second kappa shape index (κ2) is 6.17. The molecule has 0 aromatic heterocycles. The Morgan fingerprint density at radius 1 is 1.10 bits per heavy atom. The topological polar surface area (TPSA) is 71.4 Å². The summed E-state index contributed by atoms with van der Waals surface area (Å²) in [6.45, 7) is 4.03. The molecule has 2 saturated carbocycles. The molecule has 112 valence electrons. The van der Waals surface area contributed by atoms with E-state index < -0.39 is 6.10 Å². The van der Waals surface area contributed by atoms with Crippen LogP contribution in [0.25, 0.3) is 0 Å². The molecule has 4 unspecified atom stereocenters. The summed E-state index contributed by atoms with van der Waals surface area (Å²) in [7, 11) is 0. The zero-order chi connectivity index (χ0) is 14.9. The fourth-order valence-electron chi connectivity index (χ4n) is 3.83. The summed E-state index contributed by atoms with van der Waals surface area (Å²) in [5.74, 6) is 0.124. The van der Waals surface area contributed by atoms with Gasteiger partial charge < -0.3 is 5.11 Å². The molecule has 2 rings (SSSR count). The van der Waals surface area contributed by atoms with Crippen molar-refractivity contribution in [3.8, 4) is 0 Å². The van der Waals surface area contributed by atoms with Crippen LogP contribution in [0.4, 0.5) is 0 Å². The van der Waals surface area contributed by atoms with Gasteiger partial charge in [0.15, 0.2) is 0 Å². The third kappa shape index (κ3) is 3.54. The summed E-state index contributed by atoms with van der Waals surface area (Å²) in [6.07, 6.45) is 2.08. The molecule has 0 amide bonds. The van der Waals surface area contributed by atoms with E-state index >= 15 is 0 Å². The molecule has 0 aliphatic heterocycles. The van der Waals surface area contributed by atoms with Gasteiger partial charge in [-0.2, -0.15) is 0 Å². The molecule has 0 saturated heterocycles. The average Bonchev–Trinajstić information content (AvgIpc) is 2.32. The molecule has 0 radical (unpaired) electrons. The standard InChI is InChI=1S/C16H24O4/c1-9-3-10(2)16(20)14(4-9)15(19)7-11-5-12(17)8-13(18)6-11/h9-11,14-15,19H,3-8H2,1-2H3. The maximum Gasteiger partial charge on any atom is 0.141 e. The number of hydrogen-bond donors (Lipinski definition) is 1. The van der Waals surface area contributed by atoms with E-state index in [9.17, 15) is 19.5 Å². The van der Waals surface area contributed by atoms with Gasteiger partial charge in [0.1, 0.15) is 17.3 Å². The molecule has 4 heteroatoms. The first-order chi connectivity index (χ1) is 9.36. The number of Topliss-reactive ketones (excluding diaryl/α,β-unsaturated/α-hetero) is 3. The number of aliphatic hydroxyl groups is 1. The average molecular weight is 280 g/mol. The molecule has 4 nitrogen and oxygen atoms in total. The number of rotatable bonds is 3. The molecule has 4 atom stereocenters. The second-order valence-corrected chi connectivity index (χ2v) is 6.82. The Morgan fingerprint density at radius 3 is 2.30 bits per heavy atom. The molecular formula is C16H24O4. The van der Waals surface area contributed by atoms with Crippen molar-refractivity contribution >= 4 is 17.3 Å². The first-order valence-electron chi connectivity index (χ1n) is 7.62. The van der Waals surface area contributed by atoms with Crippen LogP contribution in [0, 0.1) is 23.7 Å². The largest absolute Gasteiger partial charge is 0.392 e. The molecule has 0 bridgehead atoms. The van der Waals surface area contributed by atoms with E-state index in [1.807, 2.05) is 6.92 Å². The van der Waals surface area contributed by atoms with Gasteiger partial charge in [-0.3, -0.25) is 14.4 Å². The van der Waals surface area contributed by atoms with E-state index in [0.29, 0.717) is 25.2 Å². The molecule has 2 aliphatic rings. The van der Waals surface area contributed by atoms with Gasteiger partial charge in [0, 0.05) is 24.7 Å². The first kappa shape index (κ1) is 15.4. The number of aliphatic hydroxyl groups excluding tert-OH is 1. The van der Waals surface area contributed by atoms with E-state index in [-0.39, 0.29) is 41.5 Å². The van der Waals surface area contributed by atoms with E-state index in [1.165, 1.54) is 0 Å². The molecule has 2 fully saturated rings. The number of hydrogen-bond acceptors (Lipinski definition) is 4. The Hall–Kier alpha value is -1.03. The summed E-state index contributed by atoms with van der Waals surface area (Å²) in [5.41, 5.74) is 0. The first-order valence-corrected chi connectivity index (χ1v) is 7.62. The van der Waals surface area contributed by atoms with E-state index in [0.717, 1.165) is 12.8 Å². The van der Waals surface area contributed by atoms with Crippen LogP contribution in [0.1, 0.15) is 52.4 Å². The van der Waals surface area contributed by atoms with Crippen molar-refractivity contribution in [2.75, 3.05) is 0 Å². The Bertz CT molecular complexity index is 399. The van der Waals surface area contributed by atoms with Gasteiger partial charge in [0.05, 0.1) is 12.5 Å². The van der Waals surface area contributed by atoms with E-state index in [2.05, 4.69) is 6.92 Å². The van der Waals surface area contributed by atoms with Gasteiger partial charge in [0.25, 0.3) is 0 Å². The molecule has 0 heterocycles. The van der Waals surface area contributed by atoms with Crippen LogP contribution in [0.5, 0.6) is 0 Å². The van der Waals surface area contributed by atoms with Gasteiger partial charge in [-0.1, -0.05) is 13.8 Å². The highest BCUT2D eigenvalue weighted by molar-refractivity contribution is 6.01. The lowest BCUT2D eigenvalue weighted by Gasteiger charge is -2.34. The molecular weight excluding hydrogens is 256 g/mol. The quantitative estimate of drug-likeness (QED) is 0.802. The maximum atomic E-state index is 12.2. The maximum absolute atomic E-state index is 12.2. The molecule has 0 spiro atoms. The number of carbonyl (C=O) groups is 3. The van der Waals surface area contributed by atoms with Crippen molar-refractivity contribution < 1.29 is 19.5 Å². The zero-order valence-corrected chi connectivity index (χ0v) is 12.3. The Labute approximate surface area is 119 Å². The third-order valence-corrected chi connectivity index (χ3v) is 4.73. The molecule has 0 aromatic carbocycles. The van der Waals surface area contributed by atoms with Crippen molar-refractivity contribution in [1.29, 1.82) is 0 Å². The third-order valence-electron chi connectivity index (χ3n) is 4.73. The SMILES string of the molecule is CC1CC(C)C(=O)C(C(O)CC2CC(=O)CC(=O)C2)C1. The van der Waals surface area contributed by atoms with Gasteiger partial charge in [-0.25, -0.2) is 0 Å². The smallest absolute Gasteiger partial charge is 0.141 e. The number of ketones is 3. The Balaban J connectivity index is 1.96. The minimum absolute atomic E-state index is 0.00743. The minimum Gasteiger partial charge on any atom is -0.392 e. The van der Waals surface area contributed by atoms with Crippen LogP contribution in [0.2, 0.25) is 0 Å². The highest BCUT2D eigenvalue weighted by atomic mass is 16.3. The number of carbonyl (C=O) groups excluding carboxylic acids is 3. The molecule has 2 aliphatic carbocycles. The predicted molar refractivity (Wildman–Crippen MR) is 74.0 cm³/mol. The van der Waals surface area contributed by atoms with Crippen LogP contribution in [-0.4, -0.2) is 28.6 Å². The lowest BCUT2D eigenvalue weighted by atomic mass is 9.71. The summed E-state index contributed by atoms with van der Waals surface area (Å²) in [5, 5.41) is 10.4. The van der Waals surface area contributed by atoms with Crippen molar-refractivity contribution in [2.24, 2.45) is 23.7 Å². The summed E-state index contributed by atoms with van der Waals surface area (Å²) in [4.78, 5) is 35.1. The fourth-order valence-corrected chi connectivity index (χ4v) is 3.83.